The Morgan fingerprint density at radius 2 is 2.00 bits per heavy atom. The summed E-state index contributed by atoms with van der Waals surface area (Å²) in [5, 5.41) is 10.0. The molecule has 0 radical (unpaired) electrons. The average molecular weight is 343 g/mol. The van der Waals surface area contributed by atoms with Crippen LogP contribution < -0.4 is 10.6 Å². The first-order valence-corrected chi connectivity index (χ1v) is 8.65. The number of hydrogen-bond acceptors (Lipinski definition) is 4. The molecular weight excluding hydrogens is 318 g/mol. The molecule has 25 heavy (non-hydrogen) atoms. The highest BCUT2D eigenvalue weighted by Gasteiger charge is 2.17. The lowest BCUT2D eigenvalue weighted by Gasteiger charge is -2.32. The van der Waals surface area contributed by atoms with Crippen molar-refractivity contribution >= 4 is 6.03 Å². The van der Waals surface area contributed by atoms with Gasteiger partial charge in [-0.05, 0) is 30.7 Å². The molecule has 0 spiro atoms. The number of hydrogen-bond donors (Lipinski definition) is 2. The molecule has 0 saturated carbocycles. The van der Waals surface area contributed by atoms with Gasteiger partial charge in [-0.3, -0.25) is 4.90 Å². The lowest BCUT2D eigenvalue weighted by Crippen LogP contribution is -2.48. The van der Waals surface area contributed by atoms with Gasteiger partial charge in [-0.25, -0.2) is 9.48 Å². The van der Waals surface area contributed by atoms with Crippen LogP contribution in [0.5, 0.6) is 0 Å². The van der Waals surface area contributed by atoms with E-state index in [1.54, 1.807) is 10.9 Å². The van der Waals surface area contributed by atoms with Crippen molar-refractivity contribution in [1.29, 1.82) is 0 Å². The van der Waals surface area contributed by atoms with E-state index in [0.29, 0.717) is 19.1 Å². The van der Waals surface area contributed by atoms with Crippen LogP contribution in [-0.2, 0) is 11.3 Å². The van der Waals surface area contributed by atoms with Gasteiger partial charge >= 0.3 is 6.03 Å². The first-order valence-electron chi connectivity index (χ1n) is 8.65. The smallest absolute Gasteiger partial charge is 0.315 e. The second-order valence-corrected chi connectivity index (χ2v) is 6.18. The van der Waals surface area contributed by atoms with E-state index in [0.717, 1.165) is 37.6 Å². The minimum atomic E-state index is -0.142. The van der Waals surface area contributed by atoms with Crippen LogP contribution in [-0.4, -0.2) is 59.6 Å². The fourth-order valence-corrected chi connectivity index (χ4v) is 2.82. The molecule has 1 fully saturated rings. The van der Waals surface area contributed by atoms with Crippen molar-refractivity contribution in [1.82, 2.24) is 25.3 Å². The Hall–Kier alpha value is -2.38. The summed E-state index contributed by atoms with van der Waals surface area (Å²) < 4.78 is 7.15. The predicted molar refractivity (Wildman–Crippen MR) is 95.7 cm³/mol. The third-order valence-corrected chi connectivity index (χ3v) is 4.39. The molecule has 2 heterocycles. The molecule has 2 amide bonds. The number of benzene rings is 1. The van der Waals surface area contributed by atoms with Crippen molar-refractivity contribution < 1.29 is 9.53 Å². The molecule has 3 rings (SSSR count). The normalized spacial score (nSPS) is 16.4. The Morgan fingerprint density at radius 1 is 1.24 bits per heavy atom. The van der Waals surface area contributed by atoms with Crippen LogP contribution in [0.2, 0.25) is 0 Å². The minimum absolute atomic E-state index is 0.142. The molecule has 0 aliphatic carbocycles. The van der Waals surface area contributed by atoms with Crippen LogP contribution in [0.3, 0.4) is 0 Å². The number of carbonyl (C=O) groups excluding carboxylic acids is 1. The van der Waals surface area contributed by atoms with Gasteiger partial charge in [0, 0.05) is 44.6 Å². The van der Waals surface area contributed by atoms with E-state index in [1.165, 1.54) is 0 Å². The lowest BCUT2D eigenvalue weighted by atomic mass is 10.2. The molecule has 1 aromatic carbocycles. The average Bonchev–Trinajstić information content (AvgIpc) is 3.20. The molecule has 0 unspecified atom stereocenters. The van der Waals surface area contributed by atoms with Gasteiger partial charge in [0.1, 0.15) is 0 Å². The highest BCUT2D eigenvalue weighted by Crippen LogP contribution is 2.08. The number of morpholine rings is 1. The number of nitrogens with zero attached hydrogens (tertiary/aromatic N) is 3. The molecule has 1 atom stereocenters. The summed E-state index contributed by atoms with van der Waals surface area (Å²) in [5.74, 6) is 0. The van der Waals surface area contributed by atoms with Gasteiger partial charge < -0.3 is 15.4 Å². The van der Waals surface area contributed by atoms with Gasteiger partial charge in [0.15, 0.2) is 0 Å². The van der Waals surface area contributed by atoms with Gasteiger partial charge in [-0.1, -0.05) is 12.1 Å². The largest absolute Gasteiger partial charge is 0.379 e. The summed E-state index contributed by atoms with van der Waals surface area (Å²) in [6, 6.07) is 10.0. The molecular formula is C18H25N5O2. The lowest BCUT2D eigenvalue weighted by molar-refractivity contribution is 0.0209. The fourth-order valence-electron chi connectivity index (χ4n) is 2.82. The zero-order valence-corrected chi connectivity index (χ0v) is 14.5. The standard InChI is InChI=1S/C18H25N5O2/c1-15(22-9-11-25-12-10-22)13-19-18(24)20-14-16-3-5-17(6-4-16)23-8-2-7-21-23/h2-8,15H,9-14H2,1H3,(H2,19,20,24)/t15-/m0/s1. The number of nitrogens with one attached hydrogen (secondary N) is 2. The van der Waals surface area contributed by atoms with Crippen LogP contribution in [0.1, 0.15) is 12.5 Å². The van der Waals surface area contributed by atoms with Gasteiger partial charge in [0.25, 0.3) is 0 Å². The Labute approximate surface area is 148 Å². The van der Waals surface area contributed by atoms with E-state index >= 15 is 0 Å². The summed E-state index contributed by atoms with van der Waals surface area (Å²) in [5.41, 5.74) is 2.05. The molecule has 0 bridgehead atoms. The zero-order valence-electron chi connectivity index (χ0n) is 14.5. The van der Waals surface area contributed by atoms with Gasteiger partial charge in [0.05, 0.1) is 18.9 Å². The molecule has 1 saturated heterocycles. The monoisotopic (exact) mass is 343 g/mol. The highest BCUT2D eigenvalue weighted by atomic mass is 16.5. The van der Waals surface area contributed by atoms with Crippen molar-refractivity contribution in [3.63, 3.8) is 0 Å². The summed E-state index contributed by atoms with van der Waals surface area (Å²) in [6.07, 6.45) is 3.65. The second kappa shape index (κ2) is 8.64. The third kappa shape index (κ3) is 5.04. The third-order valence-electron chi connectivity index (χ3n) is 4.39. The van der Waals surface area contributed by atoms with Gasteiger partial charge in [-0.2, -0.15) is 5.10 Å². The van der Waals surface area contributed by atoms with Crippen molar-refractivity contribution in [2.75, 3.05) is 32.8 Å². The molecule has 1 aliphatic rings. The number of ether oxygens (including phenoxy) is 1. The van der Waals surface area contributed by atoms with Crippen LogP contribution >= 0.6 is 0 Å². The van der Waals surface area contributed by atoms with Crippen LogP contribution in [0, 0.1) is 0 Å². The Morgan fingerprint density at radius 3 is 2.68 bits per heavy atom. The molecule has 7 nitrogen and oxygen atoms in total. The maximum Gasteiger partial charge on any atom is 0.315 e. The molecule has 2 N–H and O–H groups in total. The highest BCUT2D eigenvalue weighted by molar-refractivity contribution is 5.73. The predicted octanol–water partition coefficient (Wildman–Crippen LogP) is 1.39. The number of rotatable bonds is 6. The summed E-state index contributed by atoms with van der Waals surface area (Å²) in [6.45, 7) is 6.64. The number of aromatic nitrogens is 2. The SMILES string of the molecule is C[C@@H](CNC(=O)NCc1ccc(-n2cccn2)cc1)N1CCOCC1. The van der Waals surface area contributed by atoms with E-state index < -0.39 is 0 Å². The van der Waals surface area contributed by atoms with E-state index in [2.05, 4.69) is 27.6 Å². The molecule has 2 aromatic rings. The maximum absolute atomic E-state index is 12.0. The summed E-state index contributed by atoms with van der Waals surface area (Å²) in [7, 11) is 0. The first kappa shape index (κ1) is 17.4. The van der Waals surface area contributed by atoms with Crippen molar-refractivity contribution in [2.45, 2.75) is 19.5 Å². The second-order valence-electron chi connectivity index (χ2n) is 6.18. The quantitative estimate of drug-likeness (QED) is 0.832. The maximum atomic E-state index is 12.0. The van der Waals surface area contributed by atoms with Crippen molar-refractivity contribution in [3.8, 4) is 5.69 Å². The van der Waals surface area contributed by atoms with E-state index in [1.807, 2.05) is 36.5 Å². The topological polar surface area (TPSA) is 71.4 Å². The summed E-state index contributed by atoms with van der Waals surface area (Å²) in [4.78, 5) is 14.3. The number of amides is 2. The Balaban J connectivity index is 1.39. The summed E-state index contributed by atoms with van der Waals surface area (Å²) >= 11 is 0. The van der Waals surface area contributed by atoms with Gasteiger partial charge in [-0.15, -0.1) is 0 Å². The van der Waals surface area contributed by atoms with E-state index in [9.17, 15) is 4.79 Å². The number of urea groups is 1. The van der Waals surface area contributed by atoms with Crippen LogP contribution in [0.15, 0.2) is 42.7 Å². The van der Waals surface area contributed by atoms with Crippen LogP contribution in [0.4, 0.5) is 4.79 Å². The van der Waals surface area contributed by atoms with Crippen molar-refractivity contribution in [2.24, 2.45) is 0 Å². The molecule has 1 aliphatic heterocycles. The Kier molecular flexibility index (Phi) is 6.03. The van der Waals surface area contributed by atoms with E-state index in [4.69, 9.17) is 4.74 Å². The first-order chi connectivity index (χ1) is 12.2. The van der Waals surface area contributed by atoms with Crippen LogP contribution in [0.25, 0.3) is 5.69 Å². The molecule has 1 aromatic heterocycles. The minimum Gasteiger partial charge on any atom is -0.379 e. The van der Waals surface area contributed by atoms with Crippen molar-refractivity contribution in [3.05, 3.63) is 48.3 Å². The number of carbonyl (C=O) groups is 1. The molecule has 134 valence electrons. The molecule has 7 heteroatoms. The fraction of sp³-hybridized carbons (Fsp3) is 0.444. The van der Waals surface area contributed by atoms with Gasteiger partial charge in [0.2, 0.25) is 0 Å². The Bertz CT molecular complexity index is 651. The zero-order chi connectivity index (χ0) is 17.5. The van der Waals surface area contributed by atoms with E-state index in [-0.39, 0.29) is 6.03 Å².